The first kappa shape index (κ1) is 18.9. The van der Waals surface area contributed by atoms with Crippen molar-refractivity contribution in [3.63, 3.8) is 0 Å². The van der Waals surface area contributed by atoms with Crippen molar-refractivity contribution in [2.45, 2.75) is 0 Å². The summed E-state index contributed by atoms with van der Waals surface area (Å²) >= 11 is 2.67. The summed E-state index contributed by atoms with van der Waals surface area (Å²) in [5.41, 5.74) is 3.95. The molecule has 1 aromatic carbocycles. The number of nitrogens with two attached hydrogens (primary N) is 1. The van der Waals surface area contributed by atoms with Crippen molar-refractivity contribution in [3.05, 3.63) is 80.8 Å². The SMILES string of the molecule is NNC(=O)c1cc(/C=C/c2ccc(-c3ccc([N+](=O)[O-])s3)s2)nc2ccccc12. The fourth-order valence-corrected chi connectivity index (χ4v) is 4.67. The lowest BCUT2D eigenvalue weighted by Gasteiger charge is -2.06. The number of nitro groups is 1. The molecule has 4 rings (SSSR count). The smallest absolute Gasteiger partial charge is 0.290 e. The Balaban J connectivity index is 1.64. The number of hydrazine groups is 1. The quantitative estimate of drug-likeness (QED) is 0.209. The number of rotatable bonds is 5. The Morgan fingerprint density at radius 1 is 1.07 bits per heavy atom. The molecule has 0 spiro atoms. The first-order valence-electron chi connectivity index (χ1n) is 8.48. The third kappa shape index (κ3) is 3.92. The summed E-state index contributed by atoms with van der Waals surface area (Å²) in [6.07, 6.45) is 3.73. The number of nitrogens with one attached hydrogen (secondary N) is 1. The minimum Gasteiger partial charge on any atom is -0.290 e. The third-order valence-electron chi connectivity index (χ3n) is 4.17. The van der Waals surface area contributed by atoms with Gasteiger partial charge in [-0.15, -0.1) is 11.3 Å². The Morgan fingerprint density at radius 3 is 2.59 bits per heavy atom. The van der Waals surface area contributed by atoms with Crippen LogP contribution in [-0.4, -0.2) is 15.8 Å². The molecule has 4 aromatic rings. The second kappa shape index (κ2) is 7.92. The summed E-state index contributed by atoms with van der Waals surface area (Å²) in [5.74, 6) is 4.93. The van der Waals surface area contributed by atoms with Gasteiger partial charge < -0.3 is 0 Å². The monoisotopic (exact) mass is 422 g/mol. The zero-order chi connectivity index (χ0) is 20.4. The van der Waals surface area contributed by atoms with Crippen LogP contribution in [-0.2, 0) is 0 Å². The van der Waals surface area contributed by atoms with Crippen molar-refractivity contribution in [2.24, 2.45) is 5.84 Å². The van der Waals surface area contributed by atoms with Crippen molar-refractivity contribution >= 4 is 56.6 Å². The number of carbonyl (C=O) groups is 1. The maximum Gasteiger partial charge on any atom is 0.324 e. The van der Waals surface area contributed by atoms with E-state index in [0.717, 1.165) is 31.4 Å². The normalized spacial score (nSPS) is 11.2. The molecule has 0 fully saturated rings. The second-order valence-corrected chi connectivity index (χ2v) is 8.19. The molecule has 0 saturated heterocycles. The number of fused-ring (bicyclic) bond motifs is 1. The van der Waals surface area contributed by atoms with Crippen LogP contribution >= 0.6 is 22.7 Å². The summed E-state index contributed by atoms with van der Waals surface area (Å²) < 4.78 is 0. The van der Waals surface area contributed by atoms with Gasteiger partial charge in [-0.1, -0.05) is 29.5 Å². The molecule has 0 atom stereocenters. The van der Waals surface area contributed by atoms with Crippen LogP contribution in [0.1, 0.15) is 20.9 Å². The van der Waals surface area contributed by atoms with Crippen LogP contribution in [0.5, 0.6) is 0 Å². The molecule has 1 amide bonds. The zero-order valence-corrected chi connectivity index (χ0v) is 16.5. The molecule has 9 heteroatoms. The number of aromatic nitrogens is 1. The standard InChI is InChI=1S/C20H14N4O3S2/c21-23-20(25)15-11-12(22-16-4-2-1-3-14(15)16)5-6-13-7-8-17(28-13)18-9-10-19(29-18)24(26)27/h1-11H,21H2,(H,23,25)/b6-5+. The molecule has 3 aromatic heterocycles. The van der Waals surface area contributed by atoms with Gasteiger partial charge in [0.15, 0.2) is 0 Å². The van der Waals surface area contributed by atoms with E-state index in [4.69, 9.17) is 5.84 Å². The topological polar surface area (TPSA) is 111 Å². The van der Waals surface area contributed by atoms with Gasteiger partial charge in [0.05, 0.1) is 26.6 Å². The van der Waals surface area contributed by atoms with Crippen LogP contribution in [0.3, 0.4) is 0 Å². The van der Waals surface area contributed by atoms with Gasteiger partial charge in [-0.25, -0.2) is 10.8 Å². The van der Waals surface area contributed by atoms with Gasteiger partial charge in [0, 0.05) is 21.2 Å². The van der Waals surface area contributed by atoms with Gasteiger partial charge in [0.25, 0.3) is 5.91 Å². The number of nitrogen functional groups attached to an aromatic ring is 1. The average Bonchev–Trinajstić information content (AvgIpc) is 3.40. The third-order valence-corrected chi connectivity index (χ3v) is 6.45. The Kier molecular flexibility index (Phi) is 5.17. The molecule has 29 heavy (non-hydrogen) atoms. The van der Waals surface area contributed by atoms with Crippen LogP contribution in [0.2, 0.25) is 0 Å². The van der Waals surface area contributed by atoms with Gasteiger partial charge in [-0.05, 0) is 42.5 Å². The molecule has 0 radical (unpaired) electrons. The molecule has 0 unspecified atom stereocenters. The molecule has 0 saturated carbocycles. The van der Waals surface area contributed by atoms with Crippen molar-refractivity contribution in [3.8, 4) is 9.75 Å². The van der Waals surface area contributed by atoms with E-state index in [-0.39, 0.29) is 15.8 Å². The fraction of sp³-hybridized carbons (Fsp3) is 0. The van der Waals surface area contributed by atoms with E-state index in [1.54, 1.807) is 12.1 Å². The van der Waals surface area contributed by atoms with E-state index in [9.17, 15) is 14.9 Å². The summed E-state index contributed by atoms with van der Waals surface area (Å²) in [7, 11) is 0. The van der Waals surface area contributed by atoms with Crippen LogP contribution in [0.4, 0.5) is 5.00 Å². The summed E-state index contributed by atoms with van der Waals surface area (Å²) in [4.78, 5) is 30.0. The molecule has 0 bridgehead atoms. The van der Waals surface area contributed by atoms with E-state index >= 15 is 0 Å². The number of benzene rings is 1. The Labute approximate surface area is 173 Å². The van der Waals surface area contributed by atoms with Gasteiger partial charge >= 0.3 is 5.00 Å². The molecule has 144 valence electrons. The summed E-state index contributed by atoms with van der Waals surface area (Å²) in [5, 5.41) is 11.7. The predicted octanol–water partition coefficient (Wildman–Crippen LogP) is 4.71. The Hall–Kier alpha value is -3.40. The minimum atomic E-state index is -0.386. The second-order valence-electron chi connectivity index (χ2n) is 6.02. The molecule has 0 aliphatic carbocycles. The van der Waals surface area contributed by atoms with Crippen molar-refractivity contribution in [1.29, 1.82) is 0 Å². The lowest BCUT2D eigenvalue weighted by molar-refractivity contribution is -0.380. The lowest BCUT2D eigenvalue weighted by Crippen LogP contribution is -2.30. The Bertz CT molecular complexity index is 1260. The van der Waals surface area contributed by atoms with Crippen LogP contribution in [0.25, 0.3) is 32.8 Å². The number of amides is 1. The maximum atomic E-state index is 12.1. The predicted molar refractivity (Wildman–Crippen MR) is 117 cm³/mol. The van der Waals surface area contributed by atoms with Crippen molar-refractivity contribution in [2.75, 3.05) is 0 Å². The molecule has 0 aliphatic rings. The number of nitrogens with zero attached hydrogens (tertiary/aromatic N) is 2. The molecular formula is C20H14N4O3S2. The molecule has 0 aliphatic heterocycles. The first-order valence-corrected chi connectivity index (χ1v) is 10.1. The molecule has 3 heterocycles. The molecule has 7 nitrogen and oxygen atoms in total. The highest BCUT2D eigenvalue weighted by Gasteiger charge is 2.13. The zero-order valence-electron chi connectivity index (χ0n) is 14.9. The van der Waals surface area contributed by atoms with Gasteiger partial charge in [-0.3, -0.25) is 20.3 Å². The van der Waals surface area contributed by atoms with E-state index in [1.807, 2.05) is 48.6 Å². The van der Waals surface area contributed by atoms with Crippen LogP contribution in [0, 0.1) is 10.1 Å². The number of pyridine rings is 1. The number of hydrogen-bond donors (Lipinski definition) is 2. The Morgan fingerprint density at radius 2 is 1.83 bits per heavy atom. The number of hydrogen-bond acceptors (Lipinski definition) is 7. The minimum absolute atomic E-state index is 0.122. The van der Waals surface area contributed by atoms with Crippen LogP contribution in [0.15, 0.2) is 54.6 Å². The summed E-state index contributed by atoms with van der Waals surface area (Å²) in [6.45, 7) is 0. The van der Waals surface area contributed by atoms with Crippen molar-refractivity contribution < 1.29 is 9.72 Å². The maximum absolute atomic E-state index is 12.1. The van der Waals surface area contributed by atoms with E-state index in [2.05, 4.69) is 10.4 Å². The molecule has 3 N–H and O–H groups in total. The molecular weight excluding hydrogens is 408 g/mol. The van der Waals surface area contributed by atoms with Crippen LogP contribution < -0.4 is 11.3 Å². The highest BCUT2D eigenvalue weighted by Crippen LogP contribution is 2.37. The average molecular weight is 422 g/mol. The van der Waals surface area contributed by atoms with E-state index < -0.39 is 0 Å². The fourth-order valence-electron chi connectivity index (χ4n) is 2.85. The van der Waals surface area contributed by atoms with E-state index in [0.29, 0.717) is 16.8 Å². The lowest BCUT2D eigenvalue weighted by atomic mass is 10.1. The van der Waals surface area contributed by atoms with Crippen molar-refractivity contribution in [1.82, 2.24) is 10.4 Å². The van der Waals surface area contributed by atoms with Gasteiger partial charge in [0.2, 0.25) is 0 Å². The largest absolute Gasteiger partial charge is 0.324 e. The number of thiophene rings is 2. The first-order chi connectivity index (χ1) is 14.0. The van der Waals surface area contributed by atoms with E-state index in [1.165, 1.54) is 17.4 Å². The number of carbonyl (C=O) groups excluding carboxylic acids is 1. The van der Waals surface area contributed by atoms with Gasteiger partial charge in [-0.2, -0.15) is 0 Å². The highest BCUT2D eigenvalue weighted by atomic mass is 32.1. The summed E-state index contributed by atoms with van der Waals surface area (Å²) in [6, 6.07) is 16.2. The van der Waals surface area contributed by atoms with Gasteiger partial charge in [0.1, 0.15) is 0 Å². The number of para-hydroxylation sites is 1. The highest BCUT2D eigenvalue weighted by molar-refractivity contribution is 7.24.